The zero-order valence-corrected chi connectivity index (χ0v) is 15.1. The van der Waals surface area contributed by atoms with Crippen molar-refractivity contribution in [2.45, 2.75) is 43.3 Å². The highest BCUT2D eigenvalue weighted by Crippen LogP contribution is 2.51. The Labute approximate surface area is 158 Å². The van der Waals surface area contributed by atoms with Gasteiger partial charge in [0.2, 0.25) is 5.91 Å². The predicted octanol–water partition coefficient (Wildman–Crippen LogP) is 4.52. The maximum atomic E-state index is 12.7. The second-order valence-corrected chi connectivity index (χ2v) is 7.74. The number of carboxylic acid groups (broad SMARTS) is 1. The Morgan fingerprint density at radius 3 is 2.33 bits per heavy atom. The quantitative estimate of drug-likeness (QED) is 0.722. The zero-order valence-electron chi connectivity index (χ0n) is 14.3. The third-order valence-corrected chi connectivity index (χ3v) is 5.76. The highest BCUT2D eigenvalue weighted by atomic mass is 32.1. The molecule has 1 aliphatic carbocycles. The van der Waals surface area contributed by atoms with Crippen LogP contribution < -0.4 is 5.32 Å². The Morgan fingerprint density at radius 1 is 1.19 bits per heavy atom. The lowest BCUT2D eigenvalue weighted by atomic mass is 9.91. The summed E-state index contributed by atoms with van der Waals surface area (Å²) in [5.41, 5.74) is -0.473. The number of alkyl halides is 3. The third-order valence-electron chi connectivity index (χ3n) is 4.78. The van der Waals surface area contributed by atoms with Crippen molar-refractivity contribution in [3.05, 3.63) is 57.8 Å². The van der Waals surface area contributed by atoms with Crippen LogP contribution in [0.5, 0.6) is 0 Å². The minimum atomic E-state index is -4.39. The summed E-state index contributed by atoms with van der Waals surface area (Å²) in [6.07, 6.45) is -3.06. The molecular weight excluding hydrogens is 379 g/mol. The third kappa shape index (κ3) is 4.68. The predicted molar refractivity (Wildman–Crippen MR) is 94.4 cm³/mol. The van der Waals surface area contributed by atoms with Crippen LogP contribution in [0, 0.1) is 0 Å². The molecule has 0 bridgehead atoms. The lowest BCUT2D eigenvalue weighted by molar-refractivity contribution is -0.138. The molecule has 1 unspecified atom stereocenters. The number of benzene rings is 1. The van der Waals surface area contributed by atoms with Gasteiger partial charge in [0.05, 0.1) is 18.0 Å². The standard InChI is InChI=1S/C19H18F3NO3S/c20-19(21,22)13-5-3-12(4-6-13)18(7-8-18)11-16(24)23-14(10-17(25)26)15-2-1-9-27-15/h1-6,9,14H,7-8,10-11H2,(H,23,24)(H,25,26). The van der Waals surface area contributed by atoms with Crippen LogP contribution in [0.15, 0.2) is 41.8 Å². The molecule has 1 aliphatic rings. The molecule has 2 N–H and O–H groups in total. The number of halogens is 3. The van der Waals surface area contributed by atoms with Gasteiger partial charge in [0.15, 0.2) is 0 Å². The summed E-state index contributed by atoms with van der Waals surface area (Å²) < 4.78 is 38.1. The van der Waals surface area contributed by atoms with E-state index >= 15 is 0 Å². The summed E-state index contributed by atoms with van der Waals surface area (Å²) in [5.74, 6) is -1.32. The number of carbonyl (C=O) groups excluding carboxylic acids is 1. The van der Waals surface area contributed by atoms with Gasteiger partial charge in [-0.3, -0.25) is 9.59 Å². The van der Waals surface area contributed by atoms with E-state index in [0.29, 0.717) is 18.4 Å². The fourth-order valence-corrected chi connectivity index (χ4v) is 3.95. The normalized spacial score (nSPS) is 16.6. The van der Waals surface area contributed by atoms with E-state index in [1.165, 1.54) is 23.5 Å². The van der Waals surface area contributed by atoms with Gasteiger partial charge in [0.25, 0.3) is 0 Å². The number of hydrogen-bond donors (Lipinski definition) is 2. The van der Waals surface area contributed by atoms with Gasteiger partial charge in [-0.1, -0.05) is 18.2 Å². The van der Waals surface area contributed by atoms with E-state index in [4.69, 9.17) is 5.11 Å². The molecule has 0 spiro atoms. The van der Waals surface area contributed by atoms with Crippen LogP contribution in [0.2, 0.25) is 0 Å². The average Bonchev–Trinajstić information content (AvgIpc) is 3.15. The van der Waals surface area contributed by atoms with Gasteiger partial charge in [0.1, 0.15) is 0 Å². The Hall–Kier alpha value is -2.35. The van der Waals surface area contributed by atoms with E-state index in [1.807, 2.05) is 0 Å². The molecule has 1 fully saturated rings. The van der Waals surface area contributed by atoms with Crippen molar-refractivity contribution in [3.63, 3.8) is 0 Å². The van der Waals surface area contributed by atoms with Crippen LogP contribution in [0.4, 0.5) is 13.2 Å². The van der Waals surface area contributed by atoms with Crippen LogP contribution in [-0.4, -0.2) is 17.0 Å². The molecule has 144 valence electrons. The molecule has 1 atom stereocenters. The van der Waals surface area contributed by atoms with E-state index in [-0.39, 0.29) is 18.7 Å². The van der Waals surface area contributed by atoms with Gasteiger partial charge in [-0.15, -0.1) is 11.3 Å². The molecule has 1 aromatic carbocycles. The number of carbonyl (C=O) groups is 2. The number of nitrogens with one attached hydrogen (secondary N) is 1. The molecule has 0 saturated heterocycles. The van der Waals surface area contributed by atoms with E-state index in [1.54, 1.807) is 17.5 Å². The monoisotopic (exact) mass is 397 g/mol. The van der Waals surface area contributed by atoms with Crippen LogP contribution >= 0.6 is 11.3 Å². The summed E-state index contributed by atoms with van der Waals surface area (Å²) in [5, 5.41) is 13.6. The summed E-state index contributed by atoms with van der Waals surface area (Å²) in [7, 11) is 0. The Balaban J connectivity index is 1.68. The van der Waals surface area contributed by atoms with Gasteiger partial charge in [-0.25, -0.2) is 0 Å². The van der Waals surface area contributed by atoms with Crippen molar-refractivity contribution in [2.24, 2.45) is 0 Å². The second-order valence-electron chi connectivity index (χ2n) is 6.77. The molecule has 2 aromatic rings. The number of rotatable bonds is 7. The number of hydrogen-bond acceptors (Lipinski definition) is 3. The first-order valence-electron chi connectivity index (χ1n) is 8.42. The molecular formula is C19H18F3NO3S. The van der Waals surface area contributed by atoms with Crippen molar-refractivity contribution < 1.29 is 27.9 Å². The van der Waals surface area contributed by atoms with E-state index < -0.39 is 29.2 Å². The van der Waals surface area contributed by atoms with Crippen molar-refractivity contribution in [1.82, 2.24) is 5.32 Å². The maximum absolute atomic E-state index is 12.7. The topological polar surface area (TPSA) is 66.4 Å². The van der Waals surface area contributed by atoms with E-state index in [0.717, 1.165) is 17.0 Å². The zero-order chi connectivity index (χ0) is 19.7. The van der Waals surface area contributed by atoms with E-state index in [2.05, 4.69) is 5.32 Å². The summed E-state index contributed by atoms with van der Waals surface area (Å²) in [6, 6.07) is 7.86. The molecule has 0 aliphatic heterocycles. The lowest BCUT2D eigenvalue weighted by Gasteiger charge is -2.20. The van der Waals surface area contributed by atoms with Crippen molar-refractivity contribution in [2.75, 3.05) is 0 Å². The minimum absolute atomic E-state index is 0.125. The minimum Gasteiger partial charge on any atom is -0.481 e. The SMILES string of the molecule is O=C(O)CC(NC(=O)CC1(c2ccc(C(F)(F)F)cc2)CC1)c1cccs1. The molecule has 1 aromatic heterocycles. The van der Waals surface area contributed by atoms with E-state index in [9.17, 15) is 22.8 Å². The first-order valence-corrected chi connectivity index (χ1v) is 9.30. The Bertz CT molecular complexity index is 812. The largest absolute Gasteiger partial charge is 0.481 e. The smallest absolute Gasteiger partial charge is 0.416 e. The number of thiophene rings is 1. The lowest BCUT2D eigenvalue weighted by Crippen LogP contribution is -2.32. The van der Waals surface area contributed by atoms with Gasteiger partial charge in [-0.05, 0) is 42.0 Å². The Kier molecular flexibility index (Phi) is 5.28. The highest BCUT2D eigenvalue weighted by molar-refractivity contribution is 7.10. The average molecular weight is 397 g/mol. The van der Waals surface area contributed by atoms with Gasteiger partial charge >= 0.3 is 12.1 Å². The van der Waals surface area contributed by atoms with Crippen molar-refractivity contribution in [1.29, 1.82) is 0 Å². The first-order chi connectivity index (χ1) is 12.7. The number of aliphatic carboxylic acids is 1. The highest BCUT2D eigenvalue weighted by Gasteiger charge is 2.46. The molecule has 1 saturated carbocycles. The fourth-order valence-electron chi connectivity index (χ4n) is 3.17. The molecule has 1 heterocycles. The van der Waals surface area contributed by atoms with Crippen LogP contribution in [0.1, 0.15) is 47.7 Å². The molecule has 1 amide bonds. The summed E-state index contributed by atoms with van der Waals surface area (Å²) in [6.45, 7) is 0. The van der Waals surface area contributed by atoms with Crippen LogP contribution in [0.3, 0.4) is 0 Å². The molecule has 3 rings (SSSR count). The number of amides is 1. The summed E-state index contributed by atoms with van der Waals surface area (Å²) >= 11 is 1.36. The Morgan fingerprint density at radius 2 is 1.85 bits per heavy atom. The van der Waals surface area contributed by atoms with Crippen molar-refractivity contribution >= 4 is 23.2 Å². The van der Waals surface area contributed by atoms with Crippen LogP contribution in [0.25, 0.3) is 0 Å². The number of carboxylic acids is 1. The summed E-state index contributed by atoms with van der Waals surface area (Å²) in [4.78, 5) is 24.3. The second kappa shape index (κ2) is 7.34. The van der Waals surface area contributed by atoms with Crippen LogP contribution in [-0.2, 0) is 21.2 Å². The van der Waals surface area contributed by atoms with Gasteiger partial charge in [0, 0.05) is 16.7 Å². The maximum Gasteiger partial charge on any atom is 0.416 e. The molecule has 27 heavy (non-hydrogen) atoms. The molecule has 8 heteroatoms. The molecule has 4 nitrogen and oxygen atoms in total. The van der Waals surface area contributed by atoms with Gasteiger partial charge < -0.3 is 10.4 Å². The van der Waals surface area contributed by atoms with Crippen molar-refractivity contribution in [3.8, 4) is 0 Å². The molecule has 0 radical (unpaired) electrons. The fraction of sp³-hybridized carbons (Fsp3) is 0.368. The first kappa shape index (κ1) is 19.4. The van der Waals surface area contributed by atoms with Gasteiger partial charge in [-0.2, -0.15) is 13.2 Å².